The van der Waals surface area contributed by atoms with E-state index in [1.54, 1.807) is 32.4 Å². The van der Waals surface area contributed by atoms with Gasteiger partial charge in [-0.1, -0.05) is 22.0 Å². The summed E-state index contributed by atoms with van der Waals surface area (Å²) in [5, 5.41) is 2.83. The second-order valence-corrected chi connectivity index (χ2v) is 7.10. The van der Waals surface area contributed by atoms with Crippen LogP contribution in [-0.2, 0) is 17.8 Å². The van der Waals surface area contributed by atoms with Gasteiger partial charge in [-0.3, -0.25) is 4.79 Å². The quantitative estimate of drug-likeness (QED) is 0.637. The molecule has 4 nitrogen and oxygen atoms in total. The van der Waals surface area contributed by atoms with Crippen molar-refractivity contribution < 1.29 is 18.7 Å². The molecule has 0 spiro atoms. The summed E-state index contributed by atoms with van der Waals surface area (Å²) in [6.45, 7) is 0.348. The number of rotatable bonds is 7. The fourth-order valence-corrected chi connectivity index (χ4v) is 3.32. The molecule has 2 aromatic carbocycles. The molecule has 1 N–H and O–H groups in total. The van der Waals surface area contributed by atoms with E-state index in [0.29, 0.717) is 34.5 Å². The Labute approximate surface area is 163 Å². The standard InChI is InChI=1S/C18H18Br2FNO3/c1-24-16-8-11(7-14(20)18(16)25-2)10-22-17(23)6-4-12-3-5-13(19)9-15(12)21/h3,5,7-9H,4,6,10H2,1-2H3,(H,22,23). The van der Waals surface area contributed by atoms with Crippen molar-refractivity contribution in [3.63, 3.8) is 0 Å². The third-order valence-corrected chi connectivity index (χ3v) is 4.70. The van der Waals surface area contributed by atoms with Crippen LogP contribution in [0.15, 0.2) is 39.3 Å². The highest BCUT2D eigenvalue weighted by molar-refractivity contribution is 9.10. The summed E-state index contributed by atoms with van der Waals surface area (Å²) in [6.07, 6.45) is 0.563. The van der Waals surface area contributed by atoms with E-state index in [0.717, 1.165) is 10.0 Å². The SMILES string of the molecule is COc1cc(CNC(=O)CCc2ccc(Br)cc2F)cc(Br)c1OC. The minimum atomic E-state index is -0.314. The molecule has 1 amide bonds. The first-order valence-corrected chi connectivity index (χ1v) is 9.14. The van der Waals surface area contributed by atoms with Gasteiger partial charge in [-0.15, -0.1) is 0 Å². The Hall–Kier alpha value is -1.60. The maximum atomic E-state index is 13.8. The molecular formula is C18H18Br2FNO3. The molecule has 0 aromatic heterocycles. The molecule has 0 heterocycles. The summed E-state index contributed by atoms with van der Waals surface area (Å²) in [4.78, 5) is 12.0. The second-order valence-electron chi connectivity index (χ2n) is 5.33. The smallest absolute Gasteiger partial charge is 0.220 e. The van der Waals surface area contributed by atoms with Crippen LogP contribution in [-0.4, -0.2) is 20.1 Å². The first-order chi connectivity index (χ1) is 11.9. The van der Waals surface area contributed by atoms with Crippen LogP contribution < -0.4 is 14.8 Å². The summed E-state index contributed by atoms with van der Waals surface area (Å²) >= 11 is 6.63. The number of halogens is 3. The third kappa shape index (κ3) is 5.44. The van der Waals surface area contributed by atoms with E-state index < -0.39 is 0 Å². The van der Waals surface area contributed by atoms with Gasteiger partial charge < -0.3 is 14.8 Å². The highest BCUT2D eigenvalue weighted by Crippen LogP contribution is 2.36. The van der Waals surface area contributed by atoms with E-state index in [1.807, 2.05) is 6.07 Å². The number of hydrogen-bond acceptors (Lipinski definition) is 3. The van der Waals surface area contributed by atoms with Gasteiger partial charge in [0.2, 0.25) is 5.91 Å². The van der Waals surface area contributed by atoms with Gasteiger partial charge >= 0.3 is 0 Å². The molecule has 0 bridgehead atoms. The van der Waals surface area contributed by atoms with Gasteiger partial charge in [-0.25, -0.2) is 4.39 Å². The predicted molar refractivity (Wildman–Crippen MR) is 102 cm³/mol. The maximum absolute atomic E-state index is 13.8. The van der Waals surface area contributed by atoms with Crippen LogP contribution in [0.2, 0.25) is 0 Å². The van der Waals surface area contributed by atoms with Crippen LogP contribution in [0.1, 0.15) is 17.5 Å². The zero-order valence-corrected chi connectivity index (χ0v) is 17.0. The van der Waals surface area contributed by atoms with E-state index in [-0.39, 0.29) is 18.1 Å². The first kappa shape index (κ1) is 19.7. The zero-order chi connectivity index (χ0) is 18.4. The summed E-state index contributed by atoms with van der Waals surface area (Å²) in [7, 11) is 3.12. The van der Waals surface area contributed by atoms with Gasteiger partial charge in [-0.05, 0) is 57.7 Å². The molecule has 0 aliphatic heterocycles. The second kappa shape index (κ2) is 9.20. The zero-order valence-electron chi connectivity index (χ0n) is 13.9. The molecule has 134 valence electrons. The lowest BCUT2D eigenvalue weighted by Crippen LogP contribution is -2.23. The van der Waals surface area contributed by atoms with Gasteiger partial charge in [0.1, 0.15) is 5.82 Å². The van der Waals surface area contributed by atoms with E-state index in [2.05, 4.69) is 37.2 Å². The van der Waals surface area contributed by atoms with Crippen LogP contribution in [0, 0.1) is 5.82 Å². The van der Waals surface area contributed by atoms with Crippen molar-refractivity contribution >= 4 is 37.8 Å². The molecule has 0 saturated heterocycles. The fraction of sp³-hybridized carbons (Fsp3) is 0.278. The van der Waals surface area contributed by atoms with E-state index >= 15 is 0 Å². The molecule has 0 aliphatic carbocycles. The predicted octanol–water partition coefficient (Wildman–Crippen LogP) is 4.62. The number of ether oxygens (including phenoxy) is 2. The number of methoxy groups -OCH3 is 2. The van der Waals surface area contributed by atoms with Crippen molar-refractivity contribution in [2.75, 3.05) is 14.2 Å². The van der Waals surface area contributed by atoms with Gasteiger partial charge in [0.15, 0.2) is 11.5 Å². The average Bonchev–Trinajstić information content (AvgIpc) is 2.58. The van der Waals surface area contributed by atoms with Crippen LogP contribution in [0.5, 0.6) is 11.5 Å². The van der Waals surface area contributed by atoms with Gasteiger partial charge in [0.25, 0.3) is 0 Å². The maximum Gasteiger partial charge on any atom is 0.220 e. The average molecular weight is 475 g/mol. The van der Waals surface area contributed by atoms with E-state index in [4.69, 9.17) is 9.47 Å². The summed E-state index contributed by atoms with van der Waals surface area (Å²) in [5.74, 6) is 0.723. The van der Waals surface area contributed by atoms with Crippen LogP contribution in [0.3, 0.4) is 0 Å². The Morgan fingerprint density at radius 1 is 1.16 bits per heavy atom. The molecule has 0 atom stereocenters. The monoisotopic (exact) mass is 473 g/mol. The summed E-state index contributed by atoms with van der Waals surface area (Å²) < 4.78 is 25.7. The molecule has 0 unspecified atom stereocenters. The molecule has 2 rings (SSSR count). The third-order valence-electron chi connectivity index (χ3n) is 3.62. The number of carbonyl (C=O) groups excluding carboxylic acids is 1. The van der Waals surface area contributed by atoms with Gasteiger partial charge in [0.05, 0.1) is 18.7 Å². The molecule has 0 radical (unpaired) electrons. The number of amides is 1. The van der Waals surface area contributed by atoms with Crippen molar-refractivity contribution in [3.05, 3.63) is 56.2 Å². The Kier molecular flexibility index (Phi) is 7.25. The molecule has 25 heavy (non-hydrogen) atoms. The Morgan fingerprint density at radius 3 is 2.56 bits per heavy atom. The number of carbonyl (C=O) groups is 1. The minimum absolute atomic E-state index is 0.145. The molecule has 0 aliphatic rings. The molecule has 7 heteroatoms. The topological polar surface area (TPSA) is 47.6 Å². The van der Waals surface area contributed by atoms with E-state index in [9.17, 15) is 9.18 Å². The molecular weight excluding hydrogens is 457 g/mol. The molecule has 0 saturated carbocycles. The highest BCUT2D eigenvalue weighted by atomic mass is 79.9. The number of aryl methyl sites for hydroxylation is 1. The lowest BCUT2D eigenvalue weighted by Gasteiger charge is -2.12. The molecule has 0 fully saturated rings. The highest BCUT2D eigenvalue weighted by Gasteiger charge is 2.12. The summed E-state index contributed by atoms with van der Waals surface area (Å²) in [5.41, 5.74) is 1.39. The number of hydrogen-bond donors (Lipinski definition) is 1. The number of nitrogens with one attached hydrogen (secondary N) is 1. The van der Waals surface area contributed by atoms with Crippen LogP contribution in [0.25, 0.3) is 0 Å². The van der Waals surface area contributed by atoms with Crippen molar-refractivity contribution in [1.82, 2.24) is 5.32 Å². The van der Waals surface area contributed by atoms with Crippen molar-refractivity contribution in [1.29, 1.82) is 0 Å². The lowest BCUT2D eigenvalue weighted by atomic mass is 10.1. The van der Waals surface area contributed by atoms with Crippen LogP contribution in [0.4, 0.5) is 4.39 Å². The normalized spacial score (nSPS) is 10.4. The van der Waals surface area contributed by atoms with Crippen molar-refractivity contribution in [2.45, 2.75) is 19.4 Å². The first-order valence-electron chi connectivity index (χ1n) is 7.55. The Balaban J connectivity index is 1.92. The largest absolute Gasteiger partial charge is 0.493 e. The van der Waals surface area contributed by atoms with Gasteiger partial charge in [0, 0.05) is 17.4 Å². The van der Waals surface area contributed by atoms with Crippen molar-refractivity contribution in [3.8, 4) is 11.5 Å². The lowest BCUT2D eigenvalue weighted by molar-refractivity contribution is -0.121. The number of benzene rings is 2. The van der Waals surface area contributed by atoms with Gasteiger partial charge in [-0.2, -0.15) is 0 Å². The summed E-state index contributed by atoms with van der Waals surface area (Å²) in [6, 6.07) is 8.50. The van der Waals surface area contributed by atoms with Crippen LogP contribution >= 0.6 is 31.9 Å². The van der Waals surface area contributed by atoms with Crippen molar-refractivity contribution in [2.24, 2.45) is 0 Å². The Bertz CT molecular complexity index is 768. The molecule has 2 aromatic rings. The van der Waals surface area contributed by atoms with E-state index in [1.165, 1.54) is 6.07 Å². The minimum Gasteiger partial charge on any atom is -0.493 e. The Morgan fingerprint density at radius 2 is 1.92 bits per heavy atom. The fourth-order valence-electron chi connectivity index (χ4n) is 2.34.